The molecule has 1 aromatic heterocycles. The number of nitrogens with zero attached hydrogens (tertiary/aromatic N) is 2. The largest absolute Gasteiger partial charge is 0.433 e. The van der Waals surface area contributed by atoms with Crippen LogP contribution in [0, 0.1) is 0 Å². The van der Waals surface area contributed by atoms with Gasteiger partial charge in [0.1, 0.15) is 0 Å². The van der Waals surface area contributed by atoms with Crippen LogP contribution in [0.1, 0.15) is 5.69 Å². The van der Waals surface area contributed by atoms with Crippen LogP contribution < -0.4 is 0 Å². The second-order valence-corrected chi connectivity index (χ2v) is 2.54. The fraction of sp³-hybridized carbons (Fsp3) is 0.250. The van der Waals surface area contributed by atoms with Crippen molar-refractivity contribution in [3.05, 3.63) is 30.1 Å². The Morgan fingerprint density at radius 3 is 2.57 bits per heavy atom. The van der Waals surface area contributed by atoms with E-state index < -0.39 is 18.3 Å². The molecule has 0 spiro atoms. The lowest BCUT2D eigenvalue weighted by molar-refractivity contribution is -0.0623. The summed E-state index contributed by atoms with van der Waals surface area (Å²) in [6, 6.07) is 4.58. The SMILES string of the molecule is O/N=C(/Cc1ccccn1)C(F)(F)F. The minimum atomic E-state index is -4.62. The van der Waals surface area contributed by atoms with Crippen LogP contribution in [-0.2, 0) is 6.42 Å². The predicted octanol–water partition coefficient (Wildman–Crippen LogP) is 2.02. The van der Waals surface area contributed by atoms with Crippen molar-refractivity contribution >= 4 is 5.71 Å². The number of oxime groups is 1. The zero-order valence-corrected chi connectivity index (χ0v) is 6.99. The molecule has 1 N–H and O–H groups in total. The molecule has 1 aromatic rings. The summed E-state index contributed by atoms with van der Waals surface area (Å²) in [4.78, 5) is 3.69. The first-order valence-corrected chi connectivity index (χ1v) is 3.72. The van der Waals surface area contributed by atoms with E-state index in [2.05, 4.69) is 10.1 Å². The van der Waals surface area contributed by atoms with Crippen LogP contribution in [0.2, 0.25) is 0 Å². The normalized spacial score (nSPS) is 12.9. The zero-order chi connectivity index (χ0) is 10.6. The minimum Gasteiger partial charge on any atom is -0.411 e. The van der Waals surface area contributed by atoms with Crippen molar-refractivity contribution in [2.24, 2.45) is 5.16 Å². The Balaban J connectivity index is 2.78. The van der Waals surface area contributed by atoms with Crippen molar-refractivity contribution in [2.75, 3.05) is 0 Å². The quantitative estimate of drug-likeness (QED) is 0.455. The summed E-state index contributed by atoms with van der Waals surface area (Å²) in [5, 5.41) is 10.4. The number of aromatic nitrogens is 1. The fourth-order valence-electron chi connectivity index (χ4n) is 0.867. The smallest absolute Gasteiger partial charge is 0.411 e. The van der Waals surface area contributed by atoms with Crippen molar-refractivity contribution < 1.29 is 18.4 Å². The summed E-state index contributed by atoms with van der Waals surface area (Å²) in [5.74, 6) is 0. The van der Waals surface area contributed by atoms with Gasteiger partial charge in [0.2, 0.25) is 0 Å². The van der Waals surface area contributed by atoms with Gasteiger partial charge in [0.25, 0.3) is 0 Å². The van der Waals surface area contributed by atoms with E-state index in [0.29, 0.717) is 0 Å². The molecule has 0 amide bonds. The Morgan fingerprint density at radius 1 is 1.43 bits per heavy atom. The molecule has 6 heteroatoms. The van der Waals surface area contributed by atoms with E-state index in [1.165, 1.54) is 12.3 Å². The lowest BCUT2D eigenvalue weighted by Crippen LogP contribution is -2.25. The highest BCUT2D eigenvalue weighted by Gasteiger charge is 2.36. The first kappa shape index (κ1) is 10.5. The second-order valence-electron chi connectivity index (χ2n) is 2.54. The van der Waals surface area contributed by atoms with Gasteiger partial charge in [-0.25, -0.2) is 0 Å². The highest BCUT2D eigenvalue weighted by molar-refractivity contribution is 5.90. The van der Waals surface area contributed by atoms with Crippen LogP contribution in [-0.4, -0.2) is 22.1 Å². The second kappa shape index (κ2) is 4.08. The predicted molar refractivity (Wildman–Crippen MR) is 43.2 cm³/mol. The van der Waals surface area contributed by atoms with E-state index in [0.717, 1.165) is 0 Å². The Kier molecular flexibility index (Phi) is 3.06. The summed E-state index contributed by atoms with van der Waals surface area (Å²) in [6.07, 6.45) is -3.77. The van der Waals surface area contributed by atoms with Gasteiger partial charge in [-0.15, -0.1) is 0 Å². The number of hydrogen-bond acceptors (Lipinski definition) is 3. The lowest BCUT2D eigenvalue weighted by Gasteiger charge is -2.07. The van der Waals surface area contributed by atoms with Gasteiger partial charge >= 0.3 is 6.18 Å². The van der Waals surface area contributed by atoms with E-state index in [4.69, 9.17) is 5.21 Å². The molecular formula is C8H7F3N2O. The summed E-state index contributed by atoms with van der Waals surface area (Å²) < 4.78 is 36.3. The molecule has 1 rings (SSSR count). The molecule has 1 heterocycles. The summed E-state index contributed by atoms with van der Waals surface area (Å²) in [6.45, 7) is 0. The fourth-order valence-corrected chi connectivity index (χ4v) is 0.867. The molecule has 0 saturated carbocycles. The molecular weight excluding hydrogens is 197 g/mol. The highest BCUT2D eigenvalue weighted by Crippen LogP contribution is 2.19. The Bertz CT molecular complexity index is 321. The molecule has 0 saturated heterocycles. The third-order valence-electron chi connectivity index (χ3n) is 1.52. The molecule has 0 aliphatic heterocycles. The van der Waals surface area contributed by atoms with E-state index >= 15 is 0 Å². The van der Waals surface area contributed by atoms with Crippen LogP contribution >= 0.6 is 0 Å². The van der Waals surface area contributed by atoms with E-state index in [9.17, 15) is 13.2 Å². The van der Waals surface area contributed by atoms with Gasteiger partial charge in [0, 0.05) is 18.3 Å². The molecule has 3 nitrogen and oxygen atoms in total. The van der Waals surface area contributed by atoms with Crippen LogP contribution in [0.4, 0.5) is 13.2 Å². The van der Waals surface area contributed by atoms with E-state index in [1.807, 2.05) is 0 Å². The molecule has 0 aromatic carbocycles. The topological polar surface area (TPSA) is 45.5 Å². The number of pyridine rings is 1. The van der Waals surface area contributed by atoms with Crippen LogP contribution in [0.25, 0.3) is 0 Å². The van der Waals surface area contributed by atoms with Gasteiger partial charge in [-0.1, -0.05) is 11.2 Å². The van der Waals surface area contributed by atoms with E-state index in [1.54, 1.807) is 12.1 Å². The third-order valence-corrected chi connectivity index (χ3v) is 1.52. The maximum absolute atomic E-state index is 12.1. The summed E-state index contributed by atoms with van der Waals surface area (Å²) in [7, 11) is 0. The van der Waals surface area contributed by atoms with Crippen molar-refractivity contribution in [3.8, 4) is 0 Å². The number of alkyl halides is 3. The van der Waals surface area contributed by atoms with Gasteiger partial charge in [0.05, 0.1) is 0 Å². The number of halogens is 3. The molecule has 0 atom stereocenters. The van der Waals surface area contributed by atoms with E-state index in [-0.39, 0.29) is 5.69 Å². The Hall–Kier alpha value is -1.59. The van der Waals surface area contributed by atoms with Gasteiger partial charge in [0.15, 0.2) is 5.71 Å². The Labute approximate surface area is 77.9 Å². The maximum Gasteiger partial charge on any atom is 0.433 e. The lowest BCUT2D eigenvalue weighted by atomic mass is 10.2. The van der Waals surface area contributed by atoms with Gasteiger partial charge < -0.3 is 5.21 Å². The van der Waals surface area contributed by atoms with Gasteiger partial charge in [-0.05, 0) is 12.1 Å². The molecule has 0 bridgehead atoms. The van der Waals surface area contributed by atoms with Crippen molar-refractivity contribution in [2.45, 2.75) is 12.6 Å². The molecule has 0 unspecified atom stereocenters. The van der Waals surface area contributed by atoms with Crippen molar-refractivity contribution in [1.29, 1.82) is 0 Å². The molecule has 0 fully saturated rings. The average molecular weight is 204 g/mol. The minimum absolute atomic E-state index is 0.206. The van der Waals surface area contributed by atoms with Crippen LogP contribution in [0.15, 0.2) is 29.6 Å². The zero-order valence-electron chi connectivity index (χ0n) is 6.99. The number of hydrogen-bond donors (Lipinski definition) is 1. The number of rotatable bonds is 2. The Morgan fingerprint density at radius 2 is 2.14 bits per heavy atom. The summed E-state index contributed by atoms with van der Waals surface area (Å²) in [5.41, 5.74) is -1.05. The first-order chi connectivity index (χ1) is 6.54. The molecule has 0 aliphatic rings. The molecule has 0 radical (unpaired) electrons. The monoisotopic (exact) mass is 204 g/mol. The first-order valence-electron chi connectivity index (χ1n) is 3.72. The van der Waals surface area contributed by atoms with Crippen molar-refractivity contribution in [1.82, 2.24) is 4.98 Å². The van der Waals surface area contributed by atoms with Gasteiger partial charge in [-0.3, -0.25) is 4.98 Å². The highest BCUT2D eigenvalue weighted by atomic mass is 19.4. The third kappa shape index (κ3) is 2.72. The van der Waals surface area contributed by atoms with Gasteiger partial charge in [-0.2, -0.15) is 13.2 Å². The molecule has 76 valence electrons. The van der Waals surface area contributed by atoms with Crippen LogP contribution in [0.5, 0.6) is 0 Å². The maximum atomic E-state index is 12.1. The van der Waals surface area contributed by atoms with Crippen LogP contribution in [0.3, 0.4) is 0 Å². The summed E-state index contributed by atoms with van der Waals surface area (Å²) >= 11 is 0. The average Bonchev–Trinajstić information content (AvgIpc) is 2.14. The molecule has 0 aliphatic carbocycles. The standard InChI is InChI=1S/C8H7F3N2O/c9-8(10,11)7(13-14)5-6-3-1-2-4-12-6/h1-4,14H,5H2/b13-7-. The van der Waals surface area contributed by atoms with Crippen molar-refractivity contribution in [3.63, 3.8) is 0 Å². The molecule has 14 heavy (non-hydrogen) atoms.